The molecule has 5 rings (SSSR count). The number of methoxy groups -OCH3 is 1. The Hall–Kier alpha value is -4.32. The van der Waals surface area contributed by atoms with Gasteiger partial charge in [-0.3, -0.25) is 9.78 Å². The molecule has 1 aliphatic carbocycles. The Kier molecular flexibility index (Phi) is 8.65. The molecule has 0 bridgehead atoms. The van der Waals surface area contributed by atoms with Gasteiger partial charge >= 0.3 is 0 Å². The van der Waals surface area contributed by atoms with Crippen LogP contribution in [0.25, 0.3) is 17.0 Å². The minimum atomic E-state index is -0.193. The summed E-state index contributed by atoms with van der Waals surface area (Å²) in [7, 11) is 1.68. The van der Waals surface area contributed by atoms with E-state index < -0.39 is 0 Å². The summed E-state index contributed by atoms with van der Waals surface area (Å²) >= 11 is 0. The molecule has 0 unspecified atom stereocenters. The molecule has 1 aliphatic rings. The monoisotopic (exact) mass is 535 g/mol. The lowest BCUT2D eigenvalue weighted by molar-refractivity contribution is -0.111. The van der Waals surface area contributed by atoms with Crippen molar-refractivity contribution in [2.75, 3.05) is 24.4 Å². The summed E-state index contributed by atoms with van der Waals surface area (Å²) in [5, 5.41) is 7.63. The summed E-state index contributed by atoms with van der Waals surface area (Å²) in [6, 6.07) is 21.6. The molecule has 0 atom stereocenters. The van der Waals surface area contributed by atoms with Crippen LogP contribution in [0.4, 0.5) is 17.1 Å². The standard InChI is InChI=1S/C34H37N3O3/c1-23(2)20-21-40-26-16-12-24(13-17-26)14-19-33(38)35-25-15-18-30-28(22-25)34(27-8-4-5-9-29(27)36-30)37-31-10-6-7-11-32(31)39-3/h6-7,10-19,22-23H,4-5,8-9,20-21H2,1-3H3,(H,35,38)(H,36,37)/b19-14+. The van der Waals surface area contributed by atoms with Crippen molar-refractivity contribution < 1.29 is 14.3 Å². The fourth-order valence-corrected chi connectivity index (χ4v) is 4.97. The maximum atomic E-state index is 12.8. The molecule has 3 aromatic carbocycles. The molecule has 206 valence electrons. The van der Waals surface area contributed by atoms with Gasteiger partial charge in [0, 0.05) is 22.8 Å². The average Bonchev–Trinajstić information content (AvgIpc) is 2.97. The number of anilines is 3. The number of nitrogens with zero attached hydrogens (tertiary/aromatic N) is 1. The molecule has 1 amide bonds. The van der Waals surface area contributed by atoms with Gasteiger partial charge in [0.2, 0.25) is 5.91 Å². The maximum Gasteiger partial charge on any atom is 0.248 e. The molecular formula is C34H37N3O3. The van der Waals surface area contributed by atoms with Crippen molar-refractivity contribution in [3.63, 3.8) is 0 Å². The van der Waals surface area contributed by atoms with E-state index in [1.54, 1.807) is 19.3 Å². The number of benzene rings is 3. The Morgan fingerprint density at radius 1 is 1.02 bits per heavy atom. The van der Waals surface area contributed by atoms with Crippen molar-refractivity contribution in [1.82, 2.24) is 4.98 Å². The number of pyridine rings is 1. The fourth-order valence-electron chi connectivity index (χ4n) is 4.97. The van der Waals surface area contributed by atoms with Crippen LogP contribution in [0.15, 0.2) is 72.8 Å². The van der Waals surface area contributed by atoms with Crippen LogP contribution in [-0.4, -0.2) is 24.6 Å². The molecule has 0 saturated carbocycles. The molecule has 6 heteroatoms. The van der Waals surface area contributed by atoms with Crippen molar-refractivity contribution in [1.29, 1.82) is 0 Å². The molecule has 1 aromatic heterocycles. The van der Waals surface area contributed by atoms with E-state index >= 15 is 0 Å². The highest BCUT2D eigenvalue weighted by atomic mass is 16.5. The smallest absolute Gasteiger partial charge is 0.248 e. The van der Waals surface area contributed by atoms with E-state index in [0.717, 1.165) is 82.8 Å². The summed E-state index contributed by atoms with van der Waals surface area (Å²) in [5.41, 5.74) is 6.88. The highest BCUT2D eigenvalue weighted by Crippen LogP contribution is 2.38. The van der Waals surface area contributed by atoms with Crippen molar-refractivity contribution in [3.05, 3.63) is 89.6 Å². The second kappa shape index (κ2) is 12.7. The van der Waals surface area contributed by atoms with Gasteiger partial charge in [0.05, 0.1) is 30.6 Å². The molecule has 1 heterocycles. The number of nitrogens with one attached hydrogen (secondary N) is 2. The Balaban J connectivity index is 1.35. The van der Waals surface area contributed by atoms with Crippen LogP contribution in [0.3, 0.4) is 0 Å². The van der Waals surface area contributed by atoms with E-state index in [2.05, 4.69) is 24.5 Å². The highest BCUT2D eigenvalue weighted by Gasteiger charge is 2.19. The van der Waals surface area contributed by atoms with Gasteiger partial charge in [-0.05, 0) is 97.7 Å². The maximum absolute atomic E-state index is 12.8. The van der Waals surface area contributed by atoms with Gasteiger partial charge in [-0.2, -0.15) is 0 Å². The SMILES string of the molecule is COc1ccccc1Nc1c2c(nc3ccc(NC(=O)/C=C/c4ccc(OCCC(C)C)cc4)cc13)CCCC2. The number of hydrogen-bond donors (Lipinski definition) is 2. The topological polar surface area (TPSA) is 72.5 Å². The molecule has 0 aliphatic heterocycles. The molecule has 0 radical (unpaired) electrons. The van der Waals surface area contributed by atoms with Crippen LogP contribution in [-0.2, 0) is 17.6 Å². The molecule has 0 saturated heterocycles. The lowest BCUT2D eigenvalue weighted by atomic mass is 9.92. The third-order valence-corrected chi connectivity index (χ3v) is 7.17. The van der Waals surface area contributed by atoms with Gasteiger partial charge in [-0.15, -0.1) is 0 Å². The third kappa shape index (κ3) is 6.63. The predicted molar refractivity (Wildman–Crippen MR) is 164 cm³/mol. The zero-order valence-corrected chi connectivity index (χ0v) is 23.5. The van der Waals surface area contributed by atoms with E-state index in [1.807, 2.05) is 66.7 Å². The van der Waals surface area contributed by atoms with Crippen LogP contribution >= 0.6 is 0 Å². The molecule has 40 heavy (non-hydrogen) atoms. The van der Waals surface area contributed by atoms with Crippen LogP contribution in [0.5, 0.6) is 11.5 Å². The van der Waals surface area contributed by atoms with Crippen LogP contribution in [0.2, 0.25) is 0 Å². The van der Waals surface area contributed by atoms with E-state index in [4.69, 9.17) is 14.5 Å². The first-order chi connectivity index (χ1) is 19.5. The molecule has 2 N–H and O–H groups in total. The number of aromatic nitrogens is 1. The fraction of sp³-hybridized carbons (Fsp3) is 0.294. The molecule has 0 fully saturated rings. The van der Waals surface area contributed by atoms with Gasteiger partial charge in [0.15, 0.2) is 0 Å². The van der Waals surface area contributed by atoms with Gasteiger partial charge < -0.3 is 20.1 Å². The van der Waals surface area contributed by atoms with Crippen molar-refractivity contribution in [3.8, 4) is 11.5 Å². The second-order valence-corrected chi connectivity index (χ2v) is 10.6. The Bertz CT molecular complexity index is 1510. The van der Waals surface area contributed by atoms with Crippen molar-refractivity contribution in [2.45, 2.75) is 46.0 Å². The van der Waals surface area contributed by atoms with E-state index in [1.165, 1.54) is 5.56 Å². The van der Waals surface area contributed by atoms with Crippen LogP contribution < -0.4 is 20.1 Å². The average molecular weight is 536 g/mol. The minimum absolute atomic E-state index is 0.193. The molecule has 0 spiro atoms. The summed E-state index contributed by atoms with van der Waals surface area (Å²) < 4.78 is 11.4. The minimum Gasteiger partial charge on any atom is -0.495 e. The second-order valence-electron chi connectivity index (χ2n) is 10.6. The number of hydrogen-bond acceptors (Lipinski definition) is 5. The number of aryl methyl sites for hydroxylation is 1. The first-order valence-electron chi connectivity index (χ1n) is 14.1. The number of carbonyl (C=O) groups is 1. The van der Waals surface area contributed by atoms with E-state index in [-0.39, 0.29) is 5.91 Å². The number of para-hydroxylation sites is 2. The summed E-state index contributed by atoms with van der Waals surface area (Å²) in [5.74, 6) is 2.04. The first-order valence-corrected chi connectivity index (χ1v) is 14.1. The van der Waals surface area contributed by atoms with Crippen molar-refractivity contribution in [2.24, 2.45) is 5.92 Å². The van der Waals surface area contributed by atoms with Gasteiger partial charge in [-0.25, -0.2) is 0 Å². The largest absolute Gasteiger partial charge is 0.495 e. The Morgan fingerprint density at radius 3 is 2.62 bits per heavy atom. The lowest BCUT2D eigenvalue weighted by Gasteiger charge is -2.22. The number of amides is 1. The van der Waals surface area contributed by atoms with E-state index in [0.29, 0.717) is 12.5 Å². The Labute approximate surface area is 236 Å². The molecule has 6 nitrogen and oxygen atoms in total. The third-order valence-electron chi connectivity index (χ3n) is 7.17. The van der Waals surface area contributed by atoms with Crippen LogP contribution in [0, 0.1) is 5.92 Å². The summed E-state index contributed by atoms with van der Waals surface area (Å²) in [6.45, 7) is 5.07. The van der Waals surface area contributed by atoms with E-state index in [9.17, 15) is 4.79 Å². The number of rotatable bonds is 10. The highest BCUT2D eigenvalue weighted by molar-refractivity contribution is 6.04. The zero-order valence-electron chi connectivity index (χ0n) is 23.5. The zero-order chi connectivity index (χ0) is 27.9. The Morgan fingerprint density at radius 2 is 1.82 bits per heavy atom. The number of fused-ring (bicyclic) bond motifs is 2. The van der Waals surface area contributed by atoms with Gasteiger partial charge in [0.1, 0.15) is 11.5 Å². The number of carbonyl (C=O) groups excluding carboxylic acids is 1. The molecule has 4 aromatic rings. The van der Waals surface area contributed by atoms with Crippen molar-refractivity contribution >= 4 is 39.9 Å². The predicted octanol–water partition coefficient (Wildman–Crippen LogP) is 7.94. The molecular weight excluding hydrogens is 498 g/mol. The summed E-state index contributed by atoms with van der Waals surface area (Å²) in [4.78, 5) is 17.8. The van der Waals surface area contributed by atoms with Crippen LogP contribution in [0.1, 0.15) is 49.9 Å². The lowest BCUT2D eigenvalue weighted by Crippen LogP contribution is -2.11. The van der Waals surface area contributed by atoms with Gasteiger partial charge in [-0.1, -0.05) is 38.1 Å². The normalized spacial score (nSPS) is 12.9. The number of ether oxygens (including phenoxy) is 2. The van der Waals surface area contributed by atoms with Gasteiger partial charge in [0.25, 0.3) is 0 Å². The summed E-state index contributed by atoms with van der Waals surface area (Å²) in [6.07, 6.45) is 8.60. The first kappa shape index (κ1) is 27.3. The quantitative estimate of drug-likeness (QED) is 0.202.